The summed E-state index contributed by atoms with van der Waals surface area (Å²) in [6, 6.07) is 0. The van der Waals surface area contributed by atoms with Crippen molar-refractivity contribution in [3.05, 3.63) is 0 Å². The second kappa shape index (κ2) is 8.95. The molecule has 4 aliphatic rings. The highest BCUT2D eigenvalue weighted by Gasteiger charge is 2.54. The minimum atomic E-state index is -0.993. The summed E-state index contributed by atoms with van der Waals surface area (Å²) in [5.74, 6) is 4.30. The molecule has 0 aliphatic heterocycles. The van der Waals surface area contributed by atoms with Gasteiger partial charge in [0.1, 0.15) is 6.54 Å². The van der Waals surface area contributed by atoms with Gasteiger partial charge in [0.2, 0.25) is 5.91 Å². The first-order valence-corrected chi connectivity index (χ1v) is 12.1. The van der Waals surface area contributed by atoms with Crippen LogP contribution in [-0.4, -0.2) is 34.7 Å². The van der Waals surface area contributed by atoms with Crippen LogP contribution in [0.1, 0.15) is 77.6 Å². The molecule has 0 aromatic carbocycles. The van der Waals surface area contributed by atoms with Crippen molar-refractivity contribution >= 4 is 11.9 Å². The SMILES string of the molecule is CC(CCC(=O)NCC(=O)O)C1CCC2C1CCC1C3CCCCC3CC(O)C12. The van der Waals surface area contributed by atoms with Crippen LogP contribution in [0.5, 0.6) is 0 Å². The van der Waals surface area contributed by atoms with Crippen LogP contribution >= 0.6 is 0 Å². The van der Waals surface area contributed by atoms with E-state index >= 15 is 0 Å². The Balaban J connectivity index is 1.35. The van der Waals surface area contributed by atoms with E-state index in [0.717, 1.165) is 30.6 Å². The molecule has 4 fully saturated rings. The van der Waals surface area contributed by atoms with Gasteiger partial charge in [0.05, 0.1) is 6.10 Å². The lowest BCUT2D eigenvalue weighted by molar-refractivity contribution is -0.138. The topological polar surface area (TPSA) is 86.6 Å². The number of carbonyl (C=O) groups excluding carboxylic acids is 1. The molecule has 0 saturated heterocycles. The molecule has 4 rings (SSSR count). The van der Waals surface area contributed by atoms with Gasteiger partial charge in [-0.05, 0) is 92.3 Å². The third-order valence-corrected chi connectivity index (χ3v) is 9.26. The monoisotopic (exact) mass is 405 g/mol. The number of aliphatic hydroxyl groups is 1. The van der Waals surface area contributed by atoms with Crippen LogP contribution in [0.2, 0.25) is 0 Å². The van der Waals surface area contributed by atoms with Gasteiger partial charge in [-0.1, -0.05) is 26.2 Å². The second-order valence-corrected chi connectivity index (χ2v) is 10.6. The Morgan fingerprint density at radius 1 is 0.966 bits per heavy atom. The van der Waals surface area contributed by atoms with Crippen molar-refractivity contribution in [3.63, 3.8) is 0 Å². The first-order valence-electron chi connectivity index (χ1n) is 12.1. The van der Waals surface area contributed by atoms with E-state index in [1.54, 1.807) is 0 Å². The number of carboxylic acid groups (broad SMARTS) is 1. The maximum Gasteiger partial charge on any atom is 0.322 e. The van der Waals surface area contributed by atoms with E-state index < -0.39 is 5.97 Å². The van der Waals surface area contributed by atoms with E-state index in [9.17, 15) is 14.7 Å². The van der Waals surface area contributed by atoms with Gasteiger partial charge < -0.3 is 15.5 Å². The molecule has 29 heavy (non-hydrogen) atoms. The Labute approximate surface area is 175 Å². The fourth-order valence-electron chi connectivity index (χ4n) is 8.10. The largest absolute Gasteiger partial charge is 0.480 e. The summed E-state index contributed by atoms with van der Waals surface area (Å²) in [4.78, 5) is 22.5. The molecule has 4 aliphatic carbocycles. The van der Waals surface area contributed by atoms with E-state index in [4.69, 9.17) is 5.11 Å². The maximum atomic E-state index is 11.9. The molecule has 0 radical (unpaired) electrons. The number of hydrogen-bond acceptors (Lipinski definition) is 3. The quantitative estimate of drug-likeness (QED) is 0.626. The van der Waals surface area contributed by atoms with E-state index in [0.29, 0.717) is 36.0 Å². The molecular formula is C24H39NO4. The Morgan fingerprint density at radius 2 is 1.66 bits per heavy atom. The summed E-state index contributed by atoms with van der Waals surface area (Å²) >= 11 is 0. The first-order chi connectivity index (χ1) is 14.0. The molecule has 5 heteroatoms. The Bertz CT molecular complexity index is 608. The van der Waals surface area contributed by atoms with Crippen molar-refractivity contribution in [1.82, 2.24) is 5.32 Å². The zero-order valence-corrected chi connectivity index (χ0v) is 17.9. The summed E-state index contributed by atoms with van der Waals surface area (Å²) < 4.78 is 0. The minimum absolute atomic E-state index is 0.0944. The van der Waals surface area contributed by atoms with Crippen molar-refractivity contribution in [3.8, 4) is 0 Å². The highest BCUT2D eigenvalue weighted by atomic mass is 16.4. The number of carboxylic acids is 1. The molecule has 9 atom stereocenters. The smallest absolute Gasteiger partial charge is 0.322 e. The van der Waals surface area contributed by atoms with Crippen molar-refractivity contribution in [2.75, 3.05) is 6.54 Å². The predicted molar refractivity (Wildman–Crippen MR) is 111 cm³/mol. The molecule has 0 bridgehead atoms. The fourth-order valence-corrected chi connectivity index (χ4v) is 8.10. The van der Waals surface area contributed by atoms with Gasteiger partial charge in [0, 0.05) is 6.42 Å². The number of aliphatic hydroxyl groups excluding tert-OH is 1. The van der Waals surface area contributed by atoms with E-state index in [1.807, 2.05) is 0 Å². The van der Waals surface area contributed by atoms with Gasteiger partial charge in [0.25, 0.3) is 0 Å². The van der Waals surface area contributed by atoms with Gasteiger partial charge in [-0.3, -0.25) is 9.59 Å². The third-order valence-electron chi connectivity index (χ3n) is 9.26. The summed E-state index contributed by atoms with van der Waals surface area (Å²) in [6.45, 7) is 1.99. The van der Waals surface area contributed by atoms with Gasteiger partial charge in [-0.2, -0.15) is 0 Å². The summed E-state index contributed by atoms with van der Waals surface area (Å²) in [5, 5.41) is 22.3. The highest BCUT2D eigenvalue weighted by Crippen LogP contribution is 2.60. The molecule has 9 unspecified atom stereocenters. The van der Waals surface area contributed by atoms with Crippen molar-refractivity contribution in [2.24, 2.45) is 47.3 Å². The third kappa shape index (κ3) is 4.35. The molecular weight excluding hydrogens is 366 g/mol. The van der Waals surface area contributed by atoms with Crippen LogP contribution in [-0.2, 0) is 9.59 Å². The molecule has 0 aromatic heterocycles. The Hall–Kier alpha value is -1.10. The number of rotatable bonds is 6. The lowest BCUT2D eigenvalue weighted by Gasteiger charge is -2.54. The van der Waals surface area contributed by atoms with Crippen LogP contribution in [0.25, 0.3) is 0 Å². The zero-order chi connectivity index (χ0) is 20.5. The highest BCUT2D eigenvalue weighted by molar-refractivity contribution is 5.80. The molecule has 0 spiro atoms. The summed E-state index contributed by atoms with van der Waals surface area (Å²) in [7, 11) is 0. The van der Waals surface area contributed by atoms with Gasteiger partial charge >= 0.3 is 5.97 Å². The lowest BCUT2D eigenvalue weighted by atomic mass is 9.52. The fraction of sp³-hybridized carbons (Fsp3) is 0.917. The molecule has 5 nitrogen and oxygen atoms in total. The van der Waals surface area contributed by atoms with Crippen molar-refractivity contribution in [2.45, 2.75) is 83.7 Å². The average Bonchev–Trinajstić information content (AvgIpc) is 3.14. The number of nitrogens with one attached hydrogen (secondary N) is 1. The Kier molecular flexibility index (Phi) is 6.53. The molecule has 0 heterocycles. The van der Waals surface area contributed by atoms with Gasteiger partial charge in [-0.15, -0.1) is 0 Å². The standard InChI is InChI=1S/C24H39NO4/c1-14(6-11-22(27)25-13-23(28)29)16-7-9-20-18(16)8-10-19-17-5-3-2-4-15(17)12-21(26)24(19)20/h14-21,24,26H,2-13H2,1H3,(H,25,27)(H,28,29). The second-order valence-electron chi connectivity index (χ2n) is 10.6. The predicted octanol–water partition coefficient (Wildman–Crippen LogP) is 3.84. The number of amides is 1. The van der Waals surface area contributed by atoms with Crippen LogP contribution < -0.4 is 5.32 Å². The van der Waals surface area contributed by atoms with Gasteiger partial charge in [-0.25, -0.2) is 0 Å². The van der Waals surface area contributed by atoms with E-state index in [-0.39, 0.29) is 18.6 Å². The maximum absolute atomic E-state index is 11.9. The summed E-state index contributed by atoms with van der Waals surface area (Å²) in [5.41, 5.74) is 0. The lowest BCUT2D eigenvalue weighted by Crippen LogP contribution is -2.50. The van der Waals surface area contributed by atoms with Crippen molar-refractivity contribution in [1.29, 1.82) is 0 Å². The number of carbonyl (C=O) groups is 2. The molecule has 4 saturated carbocycles. The van der Waals surface area contributed by atoms with Gasteiger partial charge in [0.15, 0.2) is 0 Å². The van der Waals surface area contributed by atoms with Crippen LogP contribution in [0.4, 0.5) is 0 Å². The number of hydrogen-bond donors (Lipinski definition) is 3. The van der Waals surface area contributed by atoms with E-state index in [2.05, 4.69) is 12.2 Å². The molecule has 3 N–H and O–H groups in total. The van der Waals surface area contributed by atoms with Crippen LogP contribution in [0.15, 0.2) is 0 Å². The Morgan fingerprint density at radius 3 is 2.45 bits per heavy atom. The van der Waals surface area contributed by atoms with E-state index in [1.165, 1.54) is 51.4 Å². The zero-order valence-electron chi connectivity index (χ0n) is 17.9. The normalized spacial score (nSPS) is 42.3. The summed E-state index contributed by atoms with van der Waals surface area (Å²) in [6.07, 6.45) is 12.8. The first kappa shape index (κ1) is 21.1. The molecule has 1 amide bonds. The van der Waals surface area contributed by atoms with Crippen LogP contribution in [0.3, 0.4) is 0 Å². The van der Waals surface area contributed by atoms with Crippen LogP contribution in [0, 0.1) is 47.3 Å². The van der Waals surface area contributed by atoms with Crippen molar-refractivity contribution < 1.29 is 19.8 Å². The average molecular weight is 406 g/mol. The minimum Gasteiger partial charge on any atom is -0.480 e. The molecule has 0 aromatic rings. The number of aliphatic carboxylic acids is 1. The number of fused-ring (bicyclic) bond motifs is 5. The molecule has 164 valence electrons.